The molecule has 0 radical (unpaired) electrons. The van der Waals surface area contributed by atoms with Crippen molar-refractivity contribution in [1.29, 1.82) is 0 Å². The summed E-state index contributed by atoms with van der Waals surface area (Å²) in [5.41, 5.74) is 4.27. The maximum Gasteiger partial charge on any atom is 0.182 e. The summed E-state index contributed by atoms with van der Waals surface area (Å²) in [5.74, 6) is 0.0666. The maximum atomic E-state index is 14.4. The third-order valence-corrected chi connectivity index (χ3v) is 9.58. The third-order valence-electron chi connectivity index (χ3n) is 7.89. The molecule has 2 saturated heterocycles. The normalized spacial score (nSPS) is 19.0. The van der Waals surface area contributed by atoms with Crippen LogP contribution in [0.5, 0.6) is 5.75 Å². The lowest BCUT2D eigenvalue weighted by Gasteiger charge is -2.36. The van der Waals surface area contributed by atoms with Crippen molar-refractivity contribution < 1.29 is 22.3 Å². The molecule has 2 aromatic carbocycles. The van der Waals surface area contributed by atoms with Crippen LogP contribution in [0, 0.1) is 11.7 Å². The highest BCUT2D eigenvalue weighted by molar-refractivity contribution is 7.90. The maximum absolute atomic E-state index is 14.4. The van der Waals surface area contributed by atoms with E-state index in [1.807, 2.05) is 25.2 Å². The third kappa shape index (κ3) is 5.47. The topological polar surface area (TPSA) is 60.8 Å². The van der Waals surface area contributed by atoms with Gasteiger partial charge in [0, 0.05) is 55.4 Å². The largest absolute Gasteiger partial charge is 0.485 e. The smallest absolute Gasteiger partial charge is 0.182 e. The van der Waals surface area contributed by atoms with E-state index in [1.165, 1.54) is 23.4 Å². The molecule has 1 atom stereocenters. The number of nitrogens with zero attached hydrogens (tertiary/aromatic N) is 2. The molecule has 8 heteroatoms. The highest BCUT2D eigenvalue weighted by Gasteiger charge is 2.26. The van der Waals surface area contributed by atoms with Crippen LogP contribution in [0.2, 0.25) is 0 Å². The lowest BCUT2D eigenvalue weighted by molar-refractivity contribution is 0.138. The second kappa shape index (κ2) is 10.7. The minimum atomic E-state index is -3.71. The van der Waals surface area contributed by atoms with Crippen molar-refractivity contribution in [3.05, 3.63) is 71.8 Å². The van der Waals surface area contributed by atoms with Gasteiger partial charge < -0.3 is 18.9 Å². The SMILES string of the molecule is C=C(C(C)C)N1CCC(c2cn(C)c3ccc(CS(=O)(=O)c4ccc(F)c(O[C@@H]5CCOC5)c4)cc23)CC1. The summed E-state index contributed by atoms with van der Waals surface area (Å²) < 4.78 is 54.2. The van der Waals surface area contributed by atoms with E-state index in [4.69, 9.17) is 9.47 Å². The number of hydrogen-bond donors (Lipinski definition) is 0. The molecule has 1 aromatic heterocycles. The predicted molar refractivity (Wildman–Crippen MR) is 148 cm³/mol. The first-order chi connectivity index (χ1) is 18.1. The lowest BCUT2D eigenvalue weighted by Crippen LogP contribution is -2.33. The van der Waals surface area contributed by atoms with Crippen LogP contribution in [0.25, 0.3) is 10.9 Å². The summed E-state index contributed by atoms with van der Waals surface area (Å²) in [6.45, 7) is 11.5. The second-order valence-electron chi connectivity index (χ2n) is 10.9. The van der Waals surface area contributed by atoms with Crippen LogP contribution in [-0.4, -0.2) is 50.3 Å². The van der Waals surface area contributed by atoms with Gasteiger partial charge in [0.1, 0.15) is 6.10 Å². The number of ether oxygens (including phenoxy) is 2. The minimum Gasteiger partial charge on any atom is -0.485 e. The fraction of sp³-hybridized carbons (Fsp3) is 0.467. The molecular formula is C30H37FN2O4S. The molecule has 38 heavy (non-hydrogen) atoms. The Morgan fingerprint density at radius 2 is 1.92 bits per heavy atom. The van der Waals surface area contributed by atoms with E-state index in [9.17, 15) is 12.8 Å². The van der Waals surface area contributed by atoms with Crippen molar-refractivity contribution in [2.75, 3.05) is 26.3 Å². The summed E-state index contributed by atoms with van der Waals surface area (Å²) in [4.78, 5) is 2.45. The van der Waals surface area contributed by atoms with Gasteiger partial charge in [-0.25, -0.2) is 12.8 Å². The van der Waals surface area contributed by atoms with Crippen LogP contribution in [0.3, 0.4) is 0 Å². The quantitative estimate of drug-likeness (QED) is 0.338. The Labute approximate surface area is 225 Å². The molecule has 2 fully saturated rings. The Hall–Kier alpha value is -2.84. The van der Waals surface area contributed by atoms with Gasteiger partial charge in [-0.15, -0.1) is 0 Å². The monoisotopic (exact) mass is 540 g/mol. The summed E-state index contributed by atoms with van der Waals surface area (Å²) >= 11 is 0. The Kier molecular flexibility index (Phi) is 7.56. The van der Waals surface area contributed by atoms with Crippen LogP contribution in [0.15, 0.2) is 59.8 Å². The molecule has 0 N–H and O–H groups in total. The highest BCUT2D eigenvalue weighted by atomic mass is 32.2. The van der Waals surface area contributed by atoms with Crippen molar-refractivity contribution in [2.24, 2.45) is 13.0 Å². The predicted octanol–water partition coefficient (Wildman–Crippen LogP) is 5.81. The first kappa shape index (κ1) is 26.8. The summed E-state index contributed by atoms with van der Waals surface area (Å²) in [6.07, 6.45) is 4.66. The average Bonchev–Trinajstić information content (AvgIpc) is 3.52. The van der Waals surface area contributed by atoms with Gasteiger partial charge in [-0.3, -0.25) is 0 Å². The minimum absolute atomic E-state index is 0.0473. The van der Waals surface area contributed by atoms with Crippen LogP contribution >= 0.6 is 0 Å². The summed E-state index contributed by atoms with van der Waals surface area (Å²) in [7, 11) is -1.68. The standard InChI is InChI=1S/C30H37FN2O4S/c1-20(2)21(3)33-12-9-23(10-13-33)27-17-32(4)29-8-5-22(15-26(27)29)19-38(34,35)25-6-7-28(31)30(16-25)37-24-11-14-36-18-24/h5-8,15-17,20,23-24H,3,9-14,18-19H2,1-2,4H3/t24-/m1/s1. The van der Waals surface area contributed by atoms with Gasteiger partial charge in [0.25, 0.3) is 0 Å². The number of piperidine rings is 1. The number of hydrogen-bond acceptors (Lipinski definition) is 5. The Bertz CT molecular complexity index is 1430. The fourth-order valence-electron chi connectivity index (χ4n) is 5.58. The van der Waals surface area contributed by atoms with Crippen molar-refractivity contribution in [3.8, 4) is 5.75 Å². The number of rotatable bonds is 8. The van der Waals surface area contributed by atoms with Gasteiger partial charge in [0.05, 0.1) is 23.9 Å². The molecule has 3 heterocycles. The molecule has 2 aliphatic rings. The summed E-state index contributed by atoms with van der Waals surface area (Å²) in [5, 5.41) is 1.10. The van der Waals surface area contributed by atoms with Gasteiger partial charge in [0.15, 0.2) is 21.4 Å². The van der Waals surface area contributed by atoms with E-state index in [2.05, 4.69) is 36.1 Å². The molecule has 0 aliphatic carbocycles. The van der Waals surface area contributed by atoms with E-state index >= 15 is 0 Å². The zero-order valence-electron chi connectivity index (χ0n) is 22.5. The summed E-state index contributed by atoms with van der Waals surface area (Å²) in [6, 6.07) is 9.66. The highest BCUT2D eigenvalue weighted by Crippen LogP contribution is 2.36. The number of aryl methyl sites for hydroxylation is 1. The first-order valence-corrected chi connectivity index (χ1v) is 15.1. The van der Waals surface area contributed by atoms with E-state index in [-0.39, 0.29) is 22.5 Å². The molecule has 0 amide bonds. The first-order valence-electron chi connectivity index (χ1n) is 13.4. The van der Waals surface area contributed by atoms with Crippen molar-refractivity contribution in [1.82, 2.24) is 9.47 Å². The van der Waals surface area contributed by atoms with Gasteiger partial charge in [-0.05, 0) is 60.1 Å². The number of benzene rings is 2. The molecule has 2 aliphatic heterocycles. The Morgan fingerprint density at radius 3 is 2.61 bits per heavy atom. The molecule has 204 valence electrons. The Morgan fingerprint density at radius 1 is 1.16 bits per heavy atom. The van der Waals surface area contributed by atoms with Crippen LogP contribution in [0.1, 0.15) is 50.2 Å². The molecule has 0 bridgehead atoms. The van der Waals surface area contributed by atoms with Gasteiger partial charge >= 0.3 is 0 Å². The molecule has 0 saturated carbocycles. The number of aromatic nitrogens is 1. The van der Waals surface area contributed by atoms with Crippen LogP contribution in [-0.2, 0) is 27.4 Å². The van der Waals surface area contributed by atoms with E-state index < -0.39 is 15.7 Å². The van der Waals surface area contributed by atoms with Gasteiger partial charge in [-0.1, -0.05) is 26.5 Å². The zero-order chi connectivity index (χ0) is 27.0. The average molecular weight is 541 g/mol. The Balaban J connectivity index is 1.37. The van der Waals surface area contributed by atoms with E-state index in [0.717, 1.165) is 42.9 Å². The molecule has 0 unspecified atom stereocenters. The van der Waals surface area contributed by atoms with Crippen LogP contribution < -0.4 is 4.74 Å². The van der Waals surface area contributed by atoms with Crippen molar-refractivity contribution in [2.45, 2.75) is 55.8 Å². The molecule has 0 spiro atoms. The van der Waals surface area contributed by atoms with E-state index in [1.54, 1.807) is 0 Å². The number of allylic oxidation sites excluding steroid dienone is 1. The molecular weight excluding hydrogens is 503 g/mol. The van der Waals surface area contributed by atoms with Gasteiger partial charge in [0.2, 0.25) is 0 Å². The zero-order valence-corrected chi connectivity index (χ0v) is 23.3. The van der Waals surface area contributed by atoms with Crippen LogP contribution in [0.4, 0.5) is 4.39 Å². The number of halogens is 1. The number of fused-ring (bicyclic) bond motifs is 1. The number of sulfone groups is 1. The fourth-order valence-corrected chi connectivity index (χ4v) is 6.93. The van der Waals surface area contributed by atoms with Gasteiger partial charge in [-0.2, -0.15) is 0 Å². The number of likely N-dealkylation sites (tertiary alicyclic amines) is 1. The molecule has 3 aromatic rings. The van der Waals surface area contributed by atoms with Crippen molar-refractivity contribution in [3.63, 3.8) is 0 Å². The lowest BCUT2D eigenvalue weighted by atomic mass is 9.88. The second-order valence-corrected chi connectivity index (χ2v) is 12.9. The molecule has 5 rings (SSSR count). The van der Waals surface area contributed by atoms with E-state index in [0.29, 0.717) is 37.0 Å². The molecule has 6 nitrogen and oxygen atoms in total. The van der Waals surface area contributed by atoms with Crippen molar-refractivity contribution >= 4 is 20.7 Å².